The summed E-state index contributed by atoms with van der Waals surface area (Å²) in [5.74, 6) is 0. The molecule has 0 radical (unpaired) electrons. The molecule has 20 heavy (non-hydrogen) atoms. The van der Waals surface area contributed by atoms with Crippen molar-refractivity contribution in [2.45, 2.75) is 19.1 Å². The second-order valence-electron chi connectivity index (χ2n) is 5.59. The van der Waals surface area contributed by atoms with Crippen LogP contribution in [0.3, 0.4) is 0 Å². The summed E-state index contributed by atoms with van der Waals surface area (Å²) in [6.45, 7) is 6.98. The first-order valence-electron chi connectivity index (χ1n) is 7.11. The molecule has 2 fully saturated rings. The minimum atomic E-state index is 0.116. The predicted octanol–water partition coefficient (Wildman–Crippen LogP) is 0.876. The van der Waals surface area contributed by atoms with Gasteiger partial charge in [-0.25, -0.2) is 4.63 Å². The quantitative estimate of drug-likeness (QED) is 0.833. The molecule has 0 saturated carbocycles. The molecule has 4 rings (SSSR count). The lowest BCUT2D eigenvalue weighted by Crippen LogP contribution is -2.57. The molecule has 2 aromatic rings. The summed E-state index contributed by atoms with van der Waals surface area (Å²) in [5.41, 5.74) is 3.96. The maximum Gasteiger partial charge on any atom is 0.138 e. The molecule has 2 aliphatic heterocycles. The van der Waals surface area contributed by atoms with Crippen LogP contribution >= 0.6 is 0 Å². The van der Waals surface area contributed by atoms with Crippen LogP contribution in [0.1, 0.15) is 17.2 Å². The zero-order valence-electron chi connectivity index (χ0n) is 11.5. The number of aromatic nitrogens is 2. The minimum absolute atomic E-state index is 0.116. The van der Waals surface area contributed by atoms with E-state index in [2.05, 4.69) is 33.5 Å². The number of rotatable bonds is 1. The van der Waals surface area contributed by atoms with Crippen molar-refractivity contribution in [2.75, 3.05) is 32.8 Å². The Morgan fingerprint density at radius 2 is 2.30 bits per heavy atom. The van der Waals surface area contributed by atoms with Crippen molar-refractivity contribution in [3.05, 3.63) is 23.3 Å². The van der Waals surface area contributed by atoms with Crippen LogP contribution in [-0.2, 0) is 4.74 Å². The van der Waals surface area contributed by atoms with E-state index in [1.165, 1.54) is 5.56 Å². The third-order valence-electron chi connectivity index (χ3n) is 4.43. The molecule has 0 unspecified atom stereocenters. The number of fused-ring (bicyclic) bond motifs is 2. The molecule has 2 saturated heterocycles. The van der Waals surface area contributed by atoms with Crippen LogP contribution in [0.15, 0.2) is 16.8 Å². The first kappa shape index (κ1) is 12.3. The number of nitrogens with zero attached hydrogens (tertiary/aromatic N) is 3. The van der Waals surface area contributed by atoms with Gasteiger partial charge in [0.2, 0.25) is 0 Å². The Labute approximate surface area is 117 Å². The highest BCUT2D eigenvalue weighted by atomic mass is 16.6. The maximum absolute atomic E-state index is 6.08. The second-order valence-corrected chi connectivity index (χ2v) is 5.59. The molecular formula is C14H18N4O2. The summed E-state index contributed by atoms with van der Waals surface area (Å²) >= 11 is 0. The molecule has 0 aliphatic carbocycles. The number of ether oxygens (including phenoxy) is 1. The monoisotopic (exact) mass is 274 g/mol. The zero-order valence-corrected chi connectivity index (χ0v) is 11.5. The number of hydrogen-bond donors (Lipinski definition) is 1. The molecule has 6 heteroatoms. The number of nitrogens with one attached hydrogen (secondary N) is 1. The van der Waals surface area contributed by atoms with E-state index in [0.717, 1.165) is 49.4 Å². The van der Waals surface area contributed by atoms with Crippen molar-refractivity contribution < 1.29 is 9.37 Å². The maximum atomic E-state index is 6.08. The summed E-state index contributed by atoms with van der Waals surface area (Å²) in [6, 6.07) is 4.56. The first-order valence-corrected chi connectivity index (χ1v) is 7.11. The average Bonchev–Trinajstić information content (AvgIpc) is 2.97. The van der Waals surface area contributed by atoms with Gasteiger partial charge in [0.25, 0.3) is 0 Å². The van der Waals surface area contributed by atoms with Crippen LogP contribution in [0, 0.1) is 6.92 Å². The predicted molar refractivity (Wildman–Crippen MR) is 73.5 cm³/mol. The fraction of sp³-hybridized carbons (Fsp3) is 0.571. The van der Waals surface area contributed by atoms with E-state index in [4.69, 9.17) is 9.37 Å². The summed E-state index contributed by atoms with van der Waals surface area (Å²) < 4.78 is 10.9. The highest BCUT2D eigenvalue weighted by molar-refractivity contribution is 5.78. The van der Waals surface area contributed by atoms with Crippen molar-refractivity contribution in [3.8, 4) is 0 Å². The number of morpholine rings is 1. The smallest absolute Gasteiger partial charge is 0.138 e. The lowest BCUT2D eigenvalue weighted by molar-refractivity contribution is -0.0719. The van der Waals surface area contributed by atoms with Gasteiger partial charge in [-0.15, -0.1) is 0 Å². The molecular weight excluding hydrogens is 256 g/mol. The van der Waals surface area contributed by atoms with Crippen LogP contribution < -0.4 is 5.32 Å². The zero-order chi connectivity index (χ0) is 13.5. The van der Waals surface area contributed by atoms with Crippen LogP contribution in [0.2, 0.25) is 0 Å². The van der Waals surface area contributed by atoms with Gasteiger partial charge in [0, 0.05) is 32.2 Å². The molecule has 1 N–H and O–H groups in total. The van der Waals surface area contributed by atoms with Gasteiger partial charge in [0.15, 0.2) is 0 Å². The van der Waals surface area contributed by atoms with Crippen molar-refractivity contribution in [1.82, 2.24) is 20.5 Å². The molecule has 6 nitrogen and oxygen atoms in total. The Bertz CT molecular complexity index is 627. The van der Waals surface area contributed by atoms with Gasteiger partial charge in [-0.05, 0) is 34.4 Å². The molecule has 2 atom stereocenters. The minimum Gasteiger partial charge on any atom is -0.370 e. The van der Waals surface area contributed by atoms with Gasteiger partial charge in [0.05, 0.1) is 12.7 Å². The Balaban J connectivity index is 1.64. The molecule has 1 aromatic heterocycles. The number of aryl methyl sites for hydroxylation is 1. The molecule has 2 aliphatic rings. The van der Waals surface area contributed by atoms with Crippen LogP contribution in [0.25, 0.3) is 11.0 Å². The summed E-state index contributed by atoms with van der Waals surface area (Å²) in [7, 11) is 0. The summed E-state index contributed by atoms with van der Waals surface area (Å²) in [4.78, 5) is 2.52. The fourth-order valence-electron chi connectivity index (χ4n) is 3.23. The van der Waals surface area contributed by atoms with Crippen molar-refractivity contribution in [3.63, 3.8) is 0 Å². The highest BCUT2D eigenvalue weighted by Gasteiger charge is 2.32. The standard InChI is InChI=1S/C14H18N4O2/c1-9-11(2-3-12-14(9)17-20-16-12)13-7-18-5-4-15-6-10(18)8-19-13/h2-3,10,13,15H,4-8H2,1H3/t10-,13+/m0/s1. The largest absolute Gasteiger partial charge is 0.370 e. The van der Waals surface area contributed by atoms with Gasteiger partial charge in [-0.1, -0.05) is 6.07 Å². The Morgan fingerprint density at radius 1 is 1.35 bits per heavy atom. The van der Waals surface area contributed by atoms with E-state index in [0.29, 0.717) is 6.04 Å². The Kier molecular flexibility index (Phi) is 2.94. The average molecular weight is 274 g/mol. The van der Waals surface area contributed by atoms with E-state index >= 15 is 0 Å². The second kappa shape index (κ2) is 4.80. The summed E-state index contributed by atoms with van der Waals surface area (Å²) in [6.07, 6.45) is 0.116. The van der Waals surface area contributed by atoms with Crippen molar-refractivity contribution >= 4 is 11.0 Å². The summed E-state index contributed by atoms with van der Waals surface area (Å²) in [5, 5.41) is 11.3. The molecule has 0 amide bonds. The van der Waals surface area contributed by atoms with Crippen molar-refractivity contribution in [1.29, 1.82) is 0 Å². The van der Waals surface area contributed by atoms with E-state index < -0.39 is 0 Å². The van der Waals surface area contributed by atoms with E-state index in [1.54, 1.807) is 0 Å². The fourth-order valence-corrected chi connectivity index (χ4v) is 3.23. The normalized spacial score (nSPS) is 27.6. The molecule has 1 aromatic carbocycles. The number of hydrogen-bond acceptors (Lipinski definition) is 6. The Hall–Kier alpha value is -1.50. The van der Waals surface area contributed by atoms with Crippen LogP contribution in [-0.4, -0.2) is 54.0 Å². The van der Waals surface area contributed by atoms with Crippen LogP contribution in [0.4, 0.5) is 0 Å². The van der Waals surface area contributed by atoms with Gasteiger partial charge in [0.1, 0.15) is 11.0 Å². The molecule has 3 heterocycles. The number of benzene rings is 1. The van der Waals surface area contributed by atoms with Gasteiger partial charge in [-0.2, -0.15) is 0 Å². The highest BCUT2D eigenvalue weighted by Crippen LogP contribution is 2.30. The SMILES string of the molecule is Cc1c([C@H]2CN3CCNC[C@H]3CO2)ccc2nonc12. The number of piperazine rings is 1. The first-order chi connectivity index (χ1) is 9.83. The lowest BCUT2D eigenvalue weighted by Gasteiger charge is -2.43. The molecule has 0 spiro atoms. The molecule has 106 valence electrons. The van der Waals surface area contributed by atoms with E-state index in [1.807, 2.05) is 6.07 Å². The van der Waals surface area contributed by atoms with Crippen LogP contribution in [0.5, 0.6) is 0 Å². The third-order valence-corrected chi connectivity index (χ3v) is 4.43. The third kappa shape index (κ3) is 1.91. The van der Waals surface area contributed by atoms with E-state index in [-0.39, 0.29) is 6.10 Å². The van der Waals surface area contributed by atoms with Gasteiger partial charge >= 0.3 is 0 Å². The van der Waals surface area contributed by atoms with Gasteiger partial charge in [-0.3, -0.25) is 4.90 Å². The topological polar surface area (TPSA) is 63.4 Å². The van der Waals surface area contributed by atoms with Gasteiger partial charge < -0.3 is 10.1 Å². The van der Waals surface area contributed by atoms with E-state index in [9.17, 15) is 0 Å². The molecule has 0 bridgehead atoms. The van der Waals surface area contributed by atoms with Crippen molar-refractivity contribution in [2.24, 2.45) is 0 Å². The lowest BCUT2D eigenvalue weighted by atomic mass is 9.99. The Morgan fingerprint density at radius 3 is 3.25 bits per heavy atom.